The fourth-order valence-electron chi connectivity index (χ4n) is 2.07. The Bertz CT molecular complexity index is 640. The van der Waals surface area contributed by atoms with E-state index in [0.717, 1.165) is 6.42 Å². The zero-order valence-electron chi connectivity index (χ0n) is 12.5. The highest BCUT2D eigenvalue weighted by Crippen LogP contribution is 2.28. The van der Waals surface area contributed by atoms with Crippen LogP contribution < -0.4 is 9.47 Å². The molecule has 2 aromatic carbocycles. The van der Waals surface area contributed by atoms with Crippen LogP contribution in [0.2, 0.25) is 0 Å². The summed E-state index contributed by atoms with van der Waals surface area (Å²) >= 11 is 0. The number of hydrogen-bond acceptors (Lipinski definition) is 3. The van der Waals surface area contributed by atoms with E-state index in [1.54, 1.807) is 6.07 Å². The number of halogens is 1. The molecule has 0 aliphatic rings. The molecule has 1 N–H and O–H groups in total. The minimum Gasteiger partial charge on any atom is -0.493 e. The standard InChI is InChI=1S/C17H18O4.ClH/c1-12-4-3-5-13(10-12)8-9-21-16-11-14(17(18)19)6-7-15(16)20-2;/h3-7,10-11H,8-9H2,1-2H3,(H,18,19);1H. The Morgan fingerprint density at radius 1 is 1.14 bits per heavy atom. The number of ether oxygens (including phenoxy) is 2. The second-order valence-corrected chi connectivity index (χ2v) is 4.76. The maximum absolute atomic E-state index is 11.0. The Morgan fingerprint density at radius 3 is 2.55 bits per heavy atom. The molecule has 4 nitrogen and oxygen atoms in total. The van der Waals surface area contributed by atoms with Crippen molar-refractivity contribution in [2.24, 2.45) is 0 Å². The summed E-state index contributed by atoms with van der Waals surface area (Å²) in [4.78, 5) is 11.0. The van der Waals surface area contributed by atoms with Gasteiger partial charge in [0.1, 0.15) is 0 Å². The average Bonchev–Trinajstić information content (AvgIpc) is 2.47. The number of hydrogen-bond donors (Lipinski definition) is 1. The first-order valence-corrected chi connectivity index (χ1v) is 6.70. The number of aromatic carboxylic acids is 1. The monoisotopic (exact) mass is 322 g/mol. The van der Waals surface area contributed by atoms with E-state index in [9.17, 15) is 4.79 Å². The van der Waals surface area contributed by atoms with Gasteiger partial charge in [0.2, 0.25) is 0 Å². The minimum absolute atomic E-state index is 0. The van der Waals surface area contributed by atoms with Crippen molar-refractivity contribution in [1.82, 2.24) is 0 Å². The number of aryl methyl sites for hydroxylation is 1. The first-order valence-electron chi connectivity index (χ1n) is 6.70. The fraction of sp³-hybridized carbons (Fsp3) is 0.235. The average molecular weight is 323 g/mol. The van der Waals surface area contributed by atoms with Crippen LogP contribution in [0.25, 0.3) is 0 Å². The summed E-state index contributed by atoms with van der Waals surface area (Å²) in [5.41, 5.74) is 2.57. The molecule has 2 aromatic rings. The lowest BCUT2D eigenvalue weighted by Gasteiger charge is -2.11. The lowest BCUT2D eigenvalue weighted by Crippen LogP contribution is -2.04. The quantitative estimate of drug-likeness (QED) is 0.880. The number of carbonyl (C=O) groups is 1. The smallest absolute Gasteiger partial charge is 0.335 e. The van der Waals surface area contributed by atoms with Crippen molar-refractivity contribution in [3.8, 4) is 11.5 Å². The predicted molar refractivity (Wildman–Crippen MR) is 87.6 cm³/mol. The van der Waals surface area contributed by atoms with Crippen LogP contribution in [0.15, 0.2) is 42.5 Å². The van der Waals surface area contributed by atoms with E-state index in [4.69, 9.17) is 14.6 Å². The second-order valence-electron chi connectivity index (χ2n) is 4.76. The van der Waals surface area contributed by atoms with Crippen LogP contribution in [-0.4, -0.2) is 24.8 Å². The van der Waals surface area contributed by atoms with Crippen molar-refractivity contribution in [1.29, 1.82) is 0 Å². The first kappa shape index (κ1) is 17.9. The third kappa shape index (κ3) is 4.67. The molecule has 0 aliphatic carbocycles. The summed E-state index contributed by atoms with van der Waals surface area (Å²) in [6.45, 7) is 2.51. The van der Waals surface area contributed by atoms with Gasteiger partial charge >= 0.3 is 5.97 Å². The molecule has 0 radical (unpaired) electrons. The number of carboxylic acids is 1. The molecular weight excluding hydrogens is 304 g/mol. The molecule has 0 bridgehead atoms. The summed E-state index contributed by atoms with van der Waals surface area (Å²) in [7, 11) is 1.53. The van der Waals surface area contributed by atoms with Gasteiger partial charge in [0, 0.05) is 6.42 Å². The van der Waals surface area contributed by atoms with Crippen LogP contribution in [0, 0.1) is 6.92 Å². The van der Waals surface area contributed by atoms with Gasteiger partial charge in [-0.05, 0) is 30.7 Å². The third-order valence-electron chi connectivity index (χ3n) is 3.14. The maximum Gasteiger partial charge on any atom is 0.335 e. The van der Waals surface area contributed by atoms with E-state index in [2.05, 4.69) is 6.07 Å². The highest BCUT2D eigenvalue weighted by atomic mass is 35.5. The molecule has 22 heavy (non-hydrogen) atoms. The van der Waals surface area contributed by atoms with Gasteiger partial charge in [0.25, 0.3) is 0 Å². The van der Waals surface area contributed by atoms with Crippen LogP contribution in [0.4, 0.5) is 0 Å². The summed E-state index contributed by atoms with van der Waals surface area (Å²) < 4.78 is 10.9. The fourth-order valence-corrected chi connectivity index (χ4v) is 2.07. The van der Waals surface area contributed by atoms with Crippen molar-refractivity contribution >= 4 is 18.4 Å². The minimum atomic E-state index is -0.985. The number of rotatable bonds is 6. The van der Waals surface area contributed by atoms with Gasteiger partial charge < -0.3 is 14.6 Å². The van der Waals surface area contributed by atoms with E-state index < -0.39 is 5.97 Å². The maximum atomic E-state index is 11.0. The molecule has 0 saturated heterocycles. The Balaban J connectivity index is 0.00000242. The Kier molecular flexibility index (Phi) is 6.73. The van der Waals surface area contributed by atoms with Gasteiger partial charge in [-0.2, -0.15) is 0 Å². The molecule has 0 aliphatic heterocycles. The topological polar surface area (TPSA) is 55.8 Å². The van der Waals surface area contributed by atoms with Crippen molar-refractivity contribution in [3.63, 3.8) is 0 Å². The SMILES string of the molecule is COc1ccc(C(=O)O)cc1OCCc1cccc(C)c1.Cl. The van der Waals surface area contributed by atoms with Gasteiger partial charge in [0.15, 0.2) is 11.5 Å². The van der Waals surface area contributed by atoms with E-state index in [1.165, 1.54) is 30.4 Å². The van der Waals surface area contributed by atoms with Crippen LogP contribution in [0.1, 0.15) is 21.5 Å². The zero-order valence-corrected chi connectivity index (χ0v) is 13.4. The number of carboxylic acid groups (broad SMARTS) is 1. The molecule has 0 fully saturated rings. The summed E-state index contributed by atoms with van der Waals surface area (Å²) in [5, 5.41) is 9.01. The van der Waals surface area contributed by atoms with E-state index >= 15 is 0 Å². The van der Waals surface area contributed by atoms with Crippen LogP contribution >= 0.6 is 12.4 Å². The van der Waals surface area contributed by atoms with Crippen molar-refractivity contribution in [2.75, 3.05) is 13.7 Å². The van der Waals surface area contributed by atoms with Gasteiger partial charge in [0.05, 0.1) is 19.3 Å². The van der Waals surface area contributed by atoms with E-state index in [0.29, 0.717) is 18.1 Å². The molecule has 5 heteroatoms. The molecule has 0 unspecified atom stereocenters. The van der Waals surface area contributed by atoms with E-state index in [-0.39, 0.29) is 18.0 Å². The van der Waals surface area contributed by atoms with Gasteiger partial charge in [-0.1, -0.05) is 29.8 Å². The van der Waals surface area contributed by atoms with Crippen molar-refractivity contribution in [3.05, 3.63) is 59.2 Å². The predicted octanol–water partition coefficient (Wildman–Crippen LogP) is 3.75. The second kappa shape index (κ2) is 8.29. The first-order chi connectivity index (χ1) is 10.1. The molecule has 0 saturated carbocycles. The number of benzene rings is 2. The largest absolute Gasteiger partial charge is 0.493 e. The Labute approximate surface area is 136 Å². The van der Waals surface area contributed by atoms with Crippen molar-refractivity contribution in [2.45, 2.75) is 13.3 Å². The summed E-state index contributed by atoms with van der Waals surface area (Å²) in [6.07, 6.45) is 0.752. The lowest BCUT2D eigenvalue weighted by molar-refractivity contribution is 0.0696. The van der Waals surface area contributed by atoms with Crippen LogP contribution in [0.3, 0.4) is 0 Å². The highest BCUT2D eigenvalue weighted by molar-refractivity contribution is 5.88. The Hall–Kier alpha value is -2.20. The lowest BCUT2D eigenvalue weighted by atomic mass is 10.1. The molecule has 0 spiro atoms. The van der Waals surface area contributed by atoms with Crippen molar-refractivity contribution < 1.29 is 19.4 Å². The van der Waals surface area contributed by atoms with E-state index in [1.807, 2.05) is 25.1 Å². The molecule has 0 heterocycles. The Morgan fingerprint density at radius 2 is 1.91 bits per heavy atom. The molecule has 0 amide bonds. The molecule has 2 rings (SSSR count). The number of methoxy groups -OCH3 is 1. The molecule has 0 atom stereocenters. The summed E-state index contributed by atoms with van der Waals surface area (Å²) in [5.74, 6) is -0.00418. The van der Waals surface area contributed by atoms with Gasteiger partial charge in [-0.15, -0.1) is 12.4 Å². The molecule has 0 aromatic heterocycles. The van der Waals surface area contributed by atoms with Gasteiger partial charge in [-0.3, -0.25) is 0 Å². The molecule has 118 valence electrons. The highest BCUT2D eigenvalue weighted by Gasteiger charge is 2.10. The third-order valence-corrected chi connectivity index (χ3v) is 3.14. The zero-order chi connectivity index (χ0) is 15.2. The van der Waals surface area contributed by atoms with Crippen LogP contribution in [0.5, 0.6) is 11.5 Å². The summed E-state index contributed by atoms with van der Waals surface area (Å²) in [6, 6.07) is 12.8. The molecular formula is C17H19ClO4. The van der Waals surface area contributed by atoms with Crippen LogP contribution in [-0.2, 0) is 6.42 Å². The normalized spacial score (nSPS) is 9.73. The van der Waals surface area contributed by atoms with Gasteiger partial charge in [-0.25, -0.2) is 4.79 Å².